The average Bonchev–Trinajstić information content (AvgIpc) is 2.03. The Labute approximate surface area is 73.9 Å². The van der Waals surface area contributed by atoms with Crippen LogP contribution < -0.4 is 0 Å². The van der Waals surface area contributed by atoms with Crippen LogP contribution in [0.1, 0.15) is 12.8 Å². The van der Waals surface area contributed by atoms with E-state index in [0.717, 1.165) is 30.4 Å². The van der Waals surface area contributed by atoms with Crippen molar-refractivity contribution in [1.29, 1.82) is 0 Å². The molecule has 0 radical (unpaired) electrons. The number of hydrogen-bond acceptors (Lipinski definition) is 2. The van der Waals surface area contributed by atoms with Gasteiger partial charge < -0.3 is 9.22 Å². The van der Waals surface area contributed by atoms with Crippen LogP contribution in [0.25, 0.3) is 0 Å². The first kappa shape index (κ1) is 9.52. The standard InChI is InChI=1S/C9H18NO2/c1-10(2)6-4-8(5-7-10)9(11)12-3/h8H,4-7H2,1-3H3/q+1. The Morgan fingerprint density at radius 3 is 2.25 bits per heavy atom. The molecule has 0 unspecified atom stereocenters. The predicted molar refractivity (Wildman–Crippen MR) is 46.6 cm³/mol. The van der Waals surface area contributed by atoms with Gasteiger partial charge in [0.1, 0.15) is 0 Å². The monoisotopic (exact) mass is 172 g/mol. The van der Waals surface area contributed by atoms with Crippen molar-refractivity contribution in [3.8, 4) is 0 Å². The van der Waals surface area contributed by atoms with Gasteiger partial charge in [0.15, 0.2) is 0 Å². The van der Waals surface area contributed by atoms with Gasteiger partial charge in [-0.15, -0.1) is 0 Å². The molecule has 0 N–H and O–H groups in total. The van der Waals surface area contributed by atoms with E-state index in [4.69, 9.17) is 4.74 Å². The number of rotatable bonds is 1. The number of piperidine rings is 1. The van der Waals surface area contributed by atoms with Crippen molar-refractivity contribution in [2.75, 3.05) is 34.3 Å². The molecule has 0 spiro atoms. The number of nitrogens with zero attached hydrogens (tertiary/aromatic N) is 1. The maximum atomic E-state index is 11.1. The Balaban J connectivity index is 2.41. The highest BCUT2D eigenvalue weighted by atomic mass is 16.5. The molecule has 0 aromatic carbocycles. The van der Waals surface area contributed by atoms with Crippen molar-refractivity contribution in [1.82, 2.24) is 0 Å². The quantitative estimate of drug-likeness (QED) is 0.429. The molecular formula is C9H18NO2+. The van der Waals surface area contributed by atoms with Crippen LogP contribution in [0.3, 0.4) is 0 Å². The molecule has 0 aliphatic carbocycles. The van der Waals surface area contributed by atoms with Gasteiger partial charge in [-0.05, 0) is 0 Å². The smallest absolute Gasteiger partial charge is 0.309 e. The minimum atomic E-state index is -0.0327. The van der Waals surface area contributed by atoms with Gasteiger partial charge in [0.05, 0.1) is 40.2 Å². The molecule has 12 heavy (non-hydrogen) atoms. The first-order valence-corrected chi connectivity index (χ1v) is 4.45. The van der Waals surface area contributed by atoms with E-state index < -0.39 is 0 Å². The SMILES string of the molecule is COC(=O)C1CC[N+](C)(C)CC1. The van der Waals surface area contributed by atoms with E-state index in [1.165, 1.54) is 7.11 Å². The molecule has 1 rings (SSSR count). The van der Waals surface area contributed by atoms with Crippen LogP contribution in [0.5, 0.6) is 0 Å². The summed E-state index contributed by atoms with van der Waals surface area (Å²) in [5, 5.41) is 0. The fourth-order valence-corrected chi connectivity index (χ4v) is 1.67. The molecule has 0 atom stereocenters. The van der Waals surface area contributed by atoms with E-state index in [-0.39, 0.29) is 11.9 Å². The molecule has 1 saturated heterocycles. The number of ether oxygens (including phenoxy) is 1. The third kappa shape index (κ3) is 2.21. The summed E-state index contributed by atoms with van der Waals surface area (Å²) in [6, 6.07) is 0. The molecule has 0 amide bonds. The summed E-state index contributed by atoms with van der Waals surface area (Å²) in [6.45, 7) is 2.17. The second-order valence-corrected chi connectivity index (χ2v) is 4.18. The zero-order valence-electron chi connectivity index (χ0n) is 8.17. The summed E-state index contributed by atoms with van der Waals surface area (Å²) in [5.74, 6) is 0.121. The van der Waals surface area contributed by atoms with Crippen LogP contribution in [-0.4, -0.2) is 44.7 Å². The van der Waals surface area contributed by atoms with Gasteiger partial charge >= 0.3 is 5.97 Å². The van der Waals surface area contributed by atoms with Crippen LogP contribution in [0.15, 0.2) is 0 Å². The highest BCUT2D eigenvalue weighted by molar-refractivity contribution is 5.72. The van der Waals surface area contributed by atoms with Crippen molar-refractivity contribution < 1.29 is 14.0 Å². The zero-order valence-corrected chi connectivity index (χ0v) is 8.17. The first-order valence-electron chi connectivity index (χ1n) is 4.45. The van der Waals surface area contributed by atoms with E-state index in [9.17, 15) is 4.79 Å². The van der Waals surface area contributed by atoms with Gasteiger partial charge in [-0.1, -0.05) is 0 Å². The number of likely N-dealkylation sites (tertiary alicyclic amines) is 1. The largest absolute Gasteiger partial charge is 0.469 e. The normalized spacial score (nSPS) is 23.6. The molecule has 1 fully saturated rings. The van der Waals surface area contributed by atoms with Gasteiger partial charge in [-0.3, -0.25) is 4.79 Å². The Morgan fingerprint density at radius 2 is 1.83 bits per heavy atom. The molecule has 3 nitrogen and oxygen atoms in total. The minimum absolute atomic E-state index is 0.0327. The second kappa shape index (κ2) is 3.44. The number of esters is 1. The molecule has 1 aliphatic heterocycles. The van der Waals surface area contributed by atoms with Crippen molar-refractivity contribution >= 4 is 5.97 Å². The summed E-state index contributed by atoms with van der Waals surface area (Å²) < 4.78 is 5.75. The summed E-state index contributed by atoms with van der Waals surface area (Å²) in [7, 11) is 5.87. The minimum Gasteiger partial charge on any atom is -0.469 e. The van der Waals surface area contributed by atoms with Crippen LogP contribution in [0, 0.1) is 5.92 Å². The van der Waals surface area contributed by atoms with Crippen molar-refractivity contribution in [2.45, 2.75) is 12.8 Å². The predicted octanol–water partition coefficient (Wildman–Crippen LogP) is 0.646. The van der Waals surface area contributed by atoms with E-state index in [1.807, 2.05) is 0 Å². The summed E-state index contributed by atoms with van der Waals surface area (Å²) in [6.07, 6.45) is 1.94. The lowest BCUT2D eigenvalue weighted by Gasteiger charge is -2.36. The van der Waals surface area contributed by atoms with Crippen LogP contribution in [0.4, 0.5) is 0 Å². The fourth-order valence-electron chi connectivity index (χ4n) is 1.67. The van der Waals surface area contributed by atoms with Crippen LogP contribution >= 0.6 is 0 Å². The lowest BCUT2D eigenvalue weighted by molar-refractivity contribution is -0.895. The molecule has 3 heteroatoms. The maximum Gasteiger partial charge on any atom is 0.309 e. The number of hydrogen-bond donors (Lipinski definition) is 0. The lowest BCUT2D eigenvalue weighted by Crippen LogP contribution is -2.47. The Bertz CT molecular complexity index is 167. The summed E-state index contributed by atoms with van der Waals surface area (Å²) in [4.78, 5) is 11.1. The third-order valence-electron chi connectivity index (χ3n) is 2.70. The highest BCUT2D eigenvalue weighted by Crippen LogP contribution is 2.20. The van der Waals surface area contributed by atoms with Gasteiger partial charge in [-0.2, -0.15) is 0 Å². The number of quaternary nitrogens is 1. The Morgan fingerprint density at radius 1 is 1.33 bits per heavy atom. The van der Waals surface area contributed by atoms with E-state index in [2.05, 4.69) is 14.1 Å². The number of methoxy groups -OCH3 is 1. The molecule has 1 heterocycles. The van der Waals surface area contributed by atoms with Crippen molar-refractivity contribution in [2.24, 2.45) is 5.92 Å². The van der Waals surface area contributed by atoms with Crippen molar-refractivity contribution in [3.05, 3.63) is 0 Å². The van der Waals surface area contributed by atoms with Gasteiger partial charge in [0, 0.05) is 12.8 Å². The van der Waals surface area contributed by atoms with Gasteiger partial charge in [0.25, 0.3) is 0 Å². The fraction of sp³-hybridized carbons (Fsp3) is 0.889. The Kier molecular flexibility index (Phi) is 2.73. The van der Waals surface area contributed by atoms with E-state index in [0.29, 0.717) is 0 Å². The molecule has 1 aliphatic rings. The third-order valence-corrected chi connectivity index (χ3v) is 2.70. The molecule has 0 aromatic rings. The zero-order chi connectivity index (χ0) is 9.19. The average molecular weight is 172 g/mol. The molecular weight excluding hydrogens is 154 g/mol. The van der Waals surface area contributed by atoms with E-state index >= 15 is 0 Å². The summed E-state index contributed by atoms with van der Waals surface area (Å²) in [5.41, 5.74) is 0. The molecule has 0 bridgehead atoms. The lowest BCUT2D eigenvalue weighted by atomic mass is 9.96. The maximum absolute atomic E-state index is 11.1. The molecule has 0 aromatic heterocycles. The van der Waals surface area contributed by atoms with E-state index in [1.54, 1.807) is 0 Å². The highest BCUT2D eigenvalue weighted by Gasteiger charge is 2.30. The summed E-state index contributed by atoms with van der Waals surface area (Å²) >= 11 is 0. The molecule has 0 saturated carbocycles. The molecule has 70 valence electrons. The number of carbonyl (C=O) groups is 1. The van der Waals surface area contributed by atoms with Gasteiger partial charge in [0.2, 0.25) is 0 Å². The Hall–Kier alpha value is -0.570. The topological polar surface area (TPSA) is 26.3 Å². The van der Waals surface area contributed by atoms with Crippen molar-refractivity contribution in [3.63, 3.8) is 0 Å². The van der Waals surface area contributed by atoms with Gasteiger partial charge in [-0.25, -0.2) is 0 Å². The first-order chi connectivity index (χ1) is 5.55. The van der Waals surface area contributed by atoms with Crippen LogP contribution in [0.2, 0.25) is 0 Å². The van der Waals surface area contributed by atoms with Crippen LogP contribution in [-0.2, 0) is 9.53 Å². The second-order valence-electron chi connectivity index (χ2n) is 4.18. The number of carbonyl (C=O) groups excluding carboxylic acids is 1.